The Hall–Kier alpha value is -1.89. The standard InChI is InChI=1S/C17H17ClN4OS/c18-13-3-1-4-14(11-13)24(23)22-12-16(21-9-7-19-8-10-21)17-15(22)5-2-6-20-17/h1-6,11-12,19H,7-10H2. The Bertz CT molecular complexity index is 904. The van der Waals surface area contributed by atoms with Crippen LogP contribution in [0, 0.1) is 0 Å². The SMILES string of the molecule is O=S(c1cccc(Cl)c1)n1cc(N2CCNCC2)c2ncccc21. The van der Waals surface area contributed by atoms with Gasteiger partial charge < -0.3 is 10.2 Å². The van der Waals surface area contributed by atoms with E-state index in [1.165, 1.54) is 0 Å². The molecule has 7 heteroatoms. The summed E-state index contributed by atoms with van der Waals surface area (Å²) in [5.41, 5.74) is 2.78. The first kappa shape index (κ1) is 15.6. The Morgan fingerprint density at radius 3 is 2.79 bits per heavy atom. The summed E-state index contributed by atoms with van der Waals surface area (Å²) in [6, 6.07) is 11.0. The summed E-state index contributed by atoms with van der Waals surface area (Å²) in [6.45, 7) is 3.72. The van der Waals surface area contributed by atoms with Gasteiger partial charge in [0, 0.05) is 43.6 Å². The van der Waals surface area contributed by atoms with Crippen molar-refractivity contribution >= 4 is 39.3 Å². The summed E-state index contributed by atoms with van der Waals surface area (Å²) in [6.07, 6.45) is 3.72. The quantitative estimate of drug-likeness (QED) is 0.780. The van der Waals surface area contributed by atoms with Gasteiger partial charge in [-0.15, -0.1) is 0 Å². The highest BCUT2D eigenvalue weighted by atomic mass is 35.5. The summed E-state index contributed by atoms with van der Waals surface area (Å²) in [7, 11) is -1.37. The van der Waals surface area contributed by atoms with Crippen molar-refractivity contribution in [1.82, 2.24) is 14.3 Å². The van der Waals surface area contributed by atoms with E-state index in [-0.39, 0.29) is 0 Å². The normalized spacial score (nSPS) is 16.5. The second-order valence-electron chi connectivity index (χ2n) is 5.65. The fourth-order valence-corrected chi connectivity index (χ4v) is 4.40. The molecule has 3 heterocycles. The molecule has 1 aromatic carbocycles. The van der Waals surface area contributed by atoms with Gasteiger partial charge in [0.15, 0.2) is 11.0 Å². The zero-order valence-electron chi connectivity index (χ0n) is 13.0. The molecule has 3 aromatic rings. The van der Waals surface area contributed by atoms with Gasteiger partial charge in [-0.2, -0.15) is 0 Å². The van der Waals surface area contributed by atoms with Crippen LogP contribution in [0.15, 0.2) is 53.7 Å². The number of nitrogens with one attached hydrogen (secondary N) is 1. The molecule has 0 saturated carbocycles. The van der Waals surface area contributed by atoms with Gasteiger partial charge in [0.2, 0.25) is 0 Å². The molecule has 0 amide bonds. The Morgan fingerprint density at radius 1 is 1.17 bits per heavy atom. The van der Waals surface area contributed by atoms with Crippen molar-refractivity contribution in [1.29, 1.82) is 0 Å². The molecule has 0 spiro atoms. The van der Waals surface area contributed by atoms with E-state index in [1.807, 2.05) is 30.5 Å². The van der Waals surface area contributed by atoms with Crippen LogP contribution in [-0.2, 0) is 11.0 Å². The first-order valence-electron chi connectivity index (χ1n) is 7.83. The van der Waals surface area contributed by atoms with Crippen LogP contribution in [0.5, 0.6) is 0 Å². The lowest BCUT2D eigenvalue weighted by Gasteiger charge is -2.28. The minimum absolute atomic E-state index is 0.581. The third kappa shape index (κ3) is 2.81. The van der Waals surface area contributed by atoms with Crippen LogP contribution in [-0.4, -0.2) is 39.3 Å². The highest BCUT2D eigenvalue weighted by molar-refractivity contribution is 7.83. The largest absolute Gasteiger partial charge is 0.366 e. The minimum Gasteiger partial charge on any atom is -0.366 e. The average Bonchev–Trinajstić information content (AvgIpc) is 3.01. The minimum atomic E-state index is -1.37. The van der Waals surface area contributed by atoms with Gasteiger partial charge in [-0.25, -0.2) is 4.21 Å². The molecule has 1 unspecified atom stereocenters. The van der Waals surface area contributed by atoms with Crippen LogP contribution in [0.2, 0.25) is 5.02 Å². The lowest BCUT2D eigenvalue weighted by molar-refractivity contribution is 0.590. The zero-order chi connectivity index (χ0) is 16.5. The maximum absolute atomic E-state index is 13.1. The average molecular weight is 361 g/mol. The number of halogens is 1. The van der Waals surface area contributed by atoms with Gasteiger partial charge in [0.1, 0.15) is 5.52 Å². The second kappa shape index (κ2) is 6.55. The molecule has 1 saturated heterocycles. The highest BCUT2D eigenvalue weighted by Gasteiger charge is 2.20. The Morgan fingerprint density at radius 2 is 2.00 bits per heavy atom. The second-order valence-corrected chi connectivity index (χ2v) is 7.45. The number of piperazine rings is 1. The molecule has 24 heavy (non-hydrogen) atoms. The summed E-state index contributed by atoms with van der Waals surface area (Å²) in [5.74, 6) is 0. The number of hydrogen-bond donors (Lipinski definition) is 1. The Labute approximate surface area is 147 Å². The predicted molar refractivity (Wildman–Crippen MR) is 98.1 cm³/mol. The molecule has 0 bridgehead atoms. The molecule has 1 fully saturated rings. The van der Waals surface area contributed by atoms with Crippen LogP contribution in [0.1, 0.15) is 0 Å². The van der Waals surface area contributed by atoms with E-state index in [2.05, 4.69) is 15.2 Å². The topological polar surface area (TPSA) is 50.2 Å². The number of fused-ring (bicyclic) bond motifs is 1. The summed E-state index contributed by atoms with van der Waals surface area (Å²) >= 11 is 6.05. The van der Waals surface area contributed by atoms with Gasteiger partial charge in [0.25, 0.3) is 0 Å². The molecule has 5 nitrogen and oxygen atoms in total. The van der Waals surface area contributed by atoms with Gasteiger partial charge in [-0.1, -0.05) is 17.7 Å². The van der Waals surface area contributed by atoms with Crippen molar-refractivity contribution in [3.63, 3.8) is 0 Å². The fourth-order valence-electron chi connectivity index (χ4n) is 2.98. The third-order valence-electron chi connectivity index (χ3n) is 4.14. The number of nitrogens with zero attached hydrogens (tertiary/aromatic N) is 3. The number of pyridine rings is 1. The van der Waals surface area contributed by atoms with Crippen molar-refractivity contribution in [2.75, 3.05) is 31.1 Å². The van der Waals surface area contributed by atoms with E-state index < -0.39 is 11.0 Å². The summed E-state index contributed by atoms with van der Waals surface area (Å²) in [4.78, 5) is 7.49. The van der Waals surface area contributed by atoms with E-state index in [9.17, 15) is 4.21 Å². The fraction of sp³-hybridized carbons (Fsp3) is 0.235. The van der Waals surface area contributed by atoms with E-state index >= 15 is 0 Å². The van der Waals surface area contributed by atoms with Crippen LogP contribution >= 0.6 is 11.6 Å². The molecule has 0 radical (unpaired) electrons. The lowest BCUT2D eigenvalue weighted by atomic mass is 10.3. The van der Waals surface area contributed by atoms with Gasteiger partial charge in [-0.3, -0.25) is 8.96 Å². The number of aromatic nitrogens is 2. The molecule has 1 atom stereocenters. The van der Waals surface area contributed by atoms with Crippen LogP contribution in [0.3, 0.4) is 0 Å². The van der Waals surface area contributed by atoms with Crippen LogP contribution < -0.4 is 10.2 Å². The van der Waals surface area contributed by atoms with Crippen molar-refractivity contribution in [3.8, 4) is 0 Å². The maximum atomic E-state index is 13.1. The Balaban J connectivity index is 1.82. The molecule has 124 valence electrons. The van der Waals surface area contributed by atoms with Crippen LogP contribution in [0.25, 0.3) is 11.0 Å². The highest BCUT2D eigenvalue weighted by Crippen LogP contribution is 2.29. The molecule has 4 rings (SSSR count). The van der Waals surface area contributed by atoms with Crippen molar-refractivity contribution in [3.05, 3.63) is 53.8 Å². The zero-order valence-corrected chi connectivity index (χ0v) is 14.6. The molecule has 2 aromatic heterocycles. The van der Waals surface area contributed by atoms with Crippen molar-refractivity contribution < 1.29 is 4.21 Å². The van der Waals surface area contributed by atoms with Crippen LogP contribution in [0.4, 0.5) is 5.69 Å². The van der Waals surface area contributed by atoms with Gasteiger partial charge in [-0.05, 0) is 30.3 Å². The molecular weight excluding hydrogens is 344 g/mol. The summed E-state index contributed by atoms with van der Waals surface area (Å²) in [5, 5.41) is 3.93. The molecular formula is C17H17ClN4OS. The van der Waals surface area contributed by atoms with E-state index in [4.69, 9.17) is 11.6 Å². The Kier molecular flexibility index (Phi) is 4.26. The molecule has 1 aliphatic rings. The maximum Gasteiger partial charge on any atom is 0.157 e. The van der Waals surface area contributed by atoms with Crippen molar-refractivity contribution in [2.24, 2.45) is 0 Å². The van der Waals surface area contributed by atoms with E-state index in [1.54, 1.807) is 22.3 Å². The number of hydrogen-bond acceptors (Lipinski definition) is 4. The van der Waals surface area contributed by atoms with Crippen molar-refractivity contribution in [2.45, 2.75) is 4.90 Å². The van der Waals surface area contributed by atoms with Gasteiger partial charge in [0.05, 0.1) is 16.1 Å². The van der Waals surface area contributed by atoms with E-state index in [0.717, 1.165) is 42.9 Å². The third-order valence-corrected chi connectivity index (χ3v) is 5.69. The predicted octanol–water partition coefficient (Wildman–Crippen LogP) is 2.67. The number of benzene rings is 1. The monoisotopic (exact) mass is 360 g/mol. The summed E-state index contributed by atoms with van der Waals surface area (Å²) < 4.78 is 14.8. The smallest absolute Gasteiger partial charge is 0.157 e. The molecule has 0 aliphatic carbocycles. The first-order valence-corrected chi connectivity index (χ1v) is 9.32. The molecule has 1 aliphatic heterocycles. The van der Waals surface area contributed by atoms with E-state index in [0.29, 0.717) is 9.92 Å². The lowest BCUT2D eigenvalue weighted by Crippen LogP contribution is -2.43. The first-order chi connectivity index (χ1) is 11.7. The van der Waals surface area contributed by atoms with Gasteiger partial charge >= 0.3 is 0 Å². The molecule has 1 N–H and O–H groups in total. The number of anilines is 1. The number of rotatable bonds is 3.